The van der Waals surface area contributed by atoms with Crippen LogP contribution in [0.3, 0.4) is 0 Å². The molecular formula is C32H27BrN4O5S. The van der Waals surface area contributed by atoms with Gasteiger partial charge in [-0.1, -0.05) is 41.7 Å². The SMILES string of the molecule is CCOc1ccc([C@H]2C(C(=O)Nc3ccccc3)=C(C)N=c3s/c(=C\c4cc(Br)c(OCC#N)c(OC)c4)c(=O)n32)cc1. The number of aromatic nitrogens is 1. The maximum atomic E-state index is 14.1. The summed E-state index contributed by atoms with van der Waals surface area (Å²) in [5, 5.41) is 11.9. The number of nitrogens with one attached hydrogen (secondary N) is 1. The van der Waals surface area contributed by atoms with Crippen molar-refractivity contribution >= 4 is 44.9 Å². The highest BCUT2D eigenvalue weighted by Gasteiger charge is 2.32. The third-order valence-electron chi connectivity index (χ3n) is 6.64. The first-order valence-electron chi connectivity index (χ1n) is 13.3. The first-order chi connectivity index (χ1) is 20.8. The molecule has 4 aromatic rings. The number of carbonyl (C=O) groups excluding carboxylic acids is 1. The zero-order chi connectivity index (χ0) is 30.5. The monoisotopic (exact) mass is 658 g/mol. The number of anilines is 1. The predicted molar refractivity (Wildman–Crippen MR) is 168 cm³/mol. The molecule has 0 radical (unpaired) electrons. The number of carbonyl (C=O) groups is 1. The van der Waals surface area contributed by atoms with Crippen LogP contribution in [0.2, 0.25) is 0 Å². The summed E-state index contributed by atoms with van der Waals surface area (Å²) in [5.74, 6) is 1.15. The number of thiazole rings is 1. The van der Waals surface area contributed by atoms with Gasteiger partial charge < -0.3 is 19.5 Å². The van der Waals surface area contributed by atoms with Gasteiger partial charge >= 0.3 is 0 Å². The summed E-state index contributed by atoms with van der Waals surface area (Å²) in [6.45, 7) is 4.06. The van der Waals surface area contributed by atoms with E-state index in [0.29, 0.717) is 60.2 Å². The second-order valence-corrected chi connectivity index (χ2v) is 11.2. The van der Waals surface area contributed by atoms with Gasteiger partial charge in [0.05, 0.1) is 40.0 Å². The standard InChI is InChI=1S/C32H27BrN4O5S/c1-4-41-23-12-10-21(11-13-23)28-27(30(38)36-22-8-6-5-7-9-22)19(2)35-32-37(28)31(39)26(43-32)18-20-16-24(33)29(42-15-14-34)25(17-20)40-3/h5-13,16-18,28H,4,15H2,1-3H3,(H,36,38)/b26-18-/t28-/m0/s1. The topological polar surface area (TPSA) is 115 Å². The van der Waals surface area contributed by atoms with Crippen molar-refractivity contribution in [2.45, 2.75) is 19.9 Å². The van der Waals surface area contributed by atoms with Gasteiger partial charge in [-0.25, -0.2) is 4.99 Å². The minimum absolute atomic E-state index is 0.141. The van der Waals surface area contributed by atoms with Crippen molar-refractivity contribution < 1.29 is 19.0 Å². The van der Waals surface area contributed by atoms with Crippen LogP contribution in [0.1, 0.15) is 31.0 Å². The fraction of sp³-hybridized carbons (Fsp3) is 0.188. The number of fused-ring (bicyclic) bond motifs is 1. The Morgan fingerprint density at radius 2 is 1.91 bits per heavy atom. The summed E-state index contributed by atoms with van der Waals surface area (Å²) in [6.07, 6.45) is 1.74. The normalized spacial score (nSPS) is 14.4. The van der Waals surface area contributed by atoms with E-state index >= 15 is 0 Å². The molecule has 0 bridgehead atoms. The van der Waals surface area contributed by atoms with Gasteiger partial charge in [-0.05, 0) is 83.4 Å². The number of rotatable bonds is 9. The van der Waals surface area contributed by atoms with E-state index in [-0.39, 0.29) is 18.1 Å². The fourth-order valence-electron chi connectivity index (χ4n) is 4.78. The molecule has 0 saturated carbocycles. The van der Waals surface area contributed by atoms with Crippen LogP contribution in [-0.2, 0) is 4.79 Å². The Morgan fingerprint density at radius 1 is 1.16 bits per heavy atom. The molecule has 1 aromatic heterocycles. The minimum Gasteiger partial charge on any atom is -0.494 e. The van der Waals surface area contributed by atoms with E-state index in [1.807, 2.05) is 55.5 Å². The van der Waals surface area contributed by atoms with Crippen LogP contribution in [-0.4, -0.2) is 30.8 Å². The summed E-state index contributed by atoms with van der Waals surface area (Å²) in [6, 6.07) is 21.3. The molecule has 0 saturated heterocycles. The molecule has 1 amide bonds. The zero-order valence-electron chi connectivity index (χ0n) is 23.6. The van der Waals surface area contributed by atoms with Gasteiger partial charge in [0.25, 0.3) is 11.5 Å². The van der Waals surface area contributed by atoms with E-state index in [4.69, 9.17) is 24.5 Å². The van der Waals surface area contributed by atoms with E-state index < -0.39 is 6.04 Å². The first-order valence-corrected chi connectivity index (χ1v) is 14.9. The Morgan fingerprint density at radius 3 is 2.58 bits per heavy atom. The van der Waals surface area contributed by atoms with Crippen LogP contribution < -0.4 is 34.4 Å². The Balaban J connectivity index is 1.64. The number of methoxy groups -OCH3 is 1. The first kappa shape index (κ1) is 29.8. The number of nitriles is 1. The molecule has 1 aliphatic heterocycles. The van der Waals surface area contributed by atoms with Gasteiger partial charge in [-0.2, -0.15) is 5.26 Å². The molecule has 2 heterocycles. The third-order valence-corrected chi connectivity index (χ3v) is 8.21. The van der Waals surface area contributed by atoms with Crippen molar-refractivity contribution in [3.8, 4) is 23.3 Å². The highest BCUT2D eigenvalue weighted by atomic mass is 79.9. The van der Waals surface area contributed by atoms with Gasteiger partial charge in [0.1, 0.15) is 11.8 Å². The number of nitrogens with zero attached hydrogens (tertiary/aromatic N) is 3. The lowest BCUT2D eigenvalue weighted by Crippen LogP contribution is -2.40. The Labute approximate surface area is 260 Å². The fourth-order valence-corrected chi connectivity index (χ4v) is 6.40. The molecule has 0 aliphatic carbocycles. The van der Waals surface area contributed by atoms with E-state index in [1.165, 1.54) is 18.4 Å². The lowest BCUT2D eigenvalue weighted by molar-refractivity contribution is -0.113. The molecule has 1 atom stereocenters. The van der Waals surface area contributed by atoms with Crippen molar-refractivity contribution in [2.75, 3.05) is 25.6 Å². The second-order valence-electron chi connectivity index (χ2n) is 9.38. The van der Waals surface area contributed by atoms with Gasteiger partial charge in [0.15, 0.2) is 22.9 Å². The molecule has 0 unspecified atom stereocenters. The summed E-state index contributed by atoms with van der Waals surface area (Å²) < 4.78 is 19.2. The zero-order valence-corrected chi connectivity index (χ0v) is 26.0. The minimum atomic E-state index is -0.721. The number of ether oxygens (including phenoxy) is 3. The molecule has 43 heavy (non-hydrogen) atoms. The number of halogens is 1. The quantitative estimate of drug-likeness (QED) is 0.272. The highest BCUT2D eigenvalue weighted by molar-refractivity contribution is 9.10. The number of para-hydroxylation sites is 1. The van der Waals surface area contributed by atoms with Crippen molar-refractivity contribution in [3.05, 3.63) is 113 Å². The molecule has 9 nitrogen and oxygen atoms in total. The number of amides is 1. The van der Waals surface area contributed by atoms with E-state index in [9.17, 15) is 9.59 Å². The van der Waals surface area contributed by atoms with Crippen LogP contribution in [0.5, 0.6) is 17.2 Å². The second kappa shape index (κ2) is 13.1. The maximum Gasteiger partial charge on any atom is 0.271 e. The van der Waals surface area contributed by atoms with Crippen molar-refractivity contribution in [2.24, 2.45) is 4.99 Å². The van der Waals surface area contributed by atoms with Gasteiger partial charge in [0, 0.05) is 5.69 Å². The third kappa shape index (κ3) is 6.26. The van der Waals surface area contributed by atoms with E-state index in [2.05, 4.69) is 21.2 Å². The molecule has 1 aliphatic rings. The summed E-state index contributed by atoms with van der Waals surface area (Å²) in [4.78, 5) is 33.0. The molecule has 218 valence electrons. The van der Waals surface area contributed by atoms with Crippen LogP contribution in [0.25, 0.3) is 6.08 Å². The maximum absolute atomic E-state index is 14.1. The molecular weight excluding hydrogens is 632 g/mol. The average molecular weight is 660 g/mol. The van der Waals surface area contributed by atoms with Crippen molar-refractivity contribution in [1.29, 1.82) is 5.26 Å². The van der Waals surface area contributed by atoms with Crippen molar-refractivity contribution in [1.82, 2.24) is 4.57 Å². The van der Waals surface area contributed by atoms with Crippen LogP contribution in [0.15, 0.2) is 92.3 Å². The predicted octanol–water partition coefficient (Wildman–Crippen LogP) is 4.95. The Kier molecular flexibility index (Phi) is 9.09. The average Bonchev–Trinajstić information content (AvgIpc) is 3.30. The smallest absolute Gasteiger partial charge is 0.271 e. The molecule has 5 rings (SSSR count). The summed E-state index contributed by atoms with van der Waals surface area (Å²) in [7, 11) is 1.50. The number of benzene rings is 3. The van der Waals surface area contributed by atoms with E-state index in [1.54, 1.807) is 41.8 Å². The number of hydrogen-bond donors (Lipinski definition) is 1. The van der Waals surface area contributed by atoms with Crippen LogP contribution >= 0.6 is 27.3 Å². The highest BCUT2D eigenvalue weighted by Crippen LogP contribution is 2.37. The molecule has 11 heteroatoms. The van der Waals surface area contributed by atoms with Crippen LogP contribution in [0, 0.1) is 11.3 Å². The molecule has 1 N–H and O–H groups in total. The largest absolute Gasteiger partial charge is 0.494 e. The summed E-state index contributed by atoms with van der Waals surface area (Å²) in [5.41, 5.74) is 2.65. The van der Waals surface area contributed by atoms with Gasteiger partial charge in [-0.15, -0.1) is 0 Å². The number of hydrogen-bond acceptors (Lipinski definition) is 8. The Hall–Kier alpha value is -4.66. The lowest BCUT2D eigenvalue weighted by atomic mass is 9.95. The molecule has 0 fully saturated rings. The van der Waals surface area contributed by atoms with Crippen LogP contribution in [0.4, 0.5) is 5.69 Å². The lowest BCUT2D eigenvalue weighted by Gasteiger charge is -2.25. The van der Waals surface area contributed by atoms with E-state index in [0.717, 1.165) is 5.56 Å². The summed E-state index contributed by atoms with van der Waals surface area (Å²) >= 11 is 4.71. The Bertz CT molecular complexity index is 1930. The molecule has 3 aromatic carbocycles. The van der Waals surface area contributed by atoms with Crippen molar-refractivity contribution in [3.63, 3.8) is 0 Å². The van der Waals surface area contributed by atoms with Gasteiger partial charge in [0.2, 0.25) is 0 Å². The number of allylic oxidation sites excluding steroid dienone is 1. The van der Waals surface area contributed by atoms with Gasteiger partial charge in [-0.3, -0.25) is 14.2 Å². The molecule has 0 spiro atoms.